The molecule has 0 bridgehead atoms. The molecule has 2 aromatic heterocycles. The van der Waals surface area contributed by atoms with Crippen molar-refractivity contribution < 1.29 is 18.8 Å². The van der Waals surface area contributed by atoms with E-state index in [4.69, 9.17) is 14.0 Å². The summed E-state index contributed by atoms with van der Waals surface area (Å²) in [4.78, 5) is 23.7. The summed E-state index contributed by atoms with van der Waals surface area (Å²) in [6.45, 7) is 14.6. The topological polar surface area (TPSA) is 76.7 Å². The average molecular weight is 521 g/mol. The zero-order valence-electron chi connectivity index (χ0n) is 22.8. The quantitative estimate of drug-likeness (QED) is 0.415. The molecular weight excluding hydrogens is 485 g/mol. The van der Waals surface area contributed by atoms with E-state index in [9.17, 15) is 4.79 Å². The van der Waals surface area contributed by atoms with E-state index in [0.29, 0.717) is 6.54 Å². The van der Waals surface area contributed by atoms with Crippen molar-refractivity contribution >= 4 is 29.3 Å². The van der Waals surface area contributed by atoms with E-state index in [0.717, 1.165) is 40.3 Å². The standard InChI is InChI=1S/C28H36BN3O4S/c1-26(2,3)34-25(33)32-16-8-9-21(32)24-30-17-20(31-24)18-10-12-19(13-11-18)22-14-15-23(37-22)29-35-27(4,5)28(6,7)36-29/h10-15,17,21H,8-9,16H2,1-7H3,(H,30,31). The van der Waals surface area contributed by atoms with Gasteiger partial charge < -0.3 is 19.0 Å². The summed E-state index contributed by atoms with van der Waals surface area (Å²) in [6.07, 6.45) is 3.36. The molecule has 1 aromatic carbocycles. The number of likely N-dealkylation sites (tertiary alicyclic amines) is 1. The molecule has 9 heteroatoms. The van der Waals surface area contributed by atoms with Crippen LogP contribution in [0.3, 0.4) is 0 Å². The van der Waals surface area contributed by atoms with E-state index in [1.165, 1.54) is 4.88 Å². The second-order valence-corrected chi connectivity index (χ2v) is 13.0. The first-order valence-electron chi connectivity index (χ1n) is 12.9. The Balaban J connectivity index is 1.28. The second kappa shape index (κ2) is 9.29. The number of carbonyl (C=O) groups excluding carboxylic acids is 1. The highest BCUT2D eigenvalue weighted by Gasteiger charge is 2.52. The molecule has 2 aliphatic heterocycles. The normalized spacial score (nSPS) is 21.0. The molecule has 196 valence electrons. The SMILES string of the molecule is CC(C)(C)OC(=O)N1CCCC1c1ncc(-c2ccc(-c3ccc(B4OC(C)(C)C(C)(C)O4)s3)cc2)[nH]1. The van der Waals surface area contributed by atoms with Gasteiger partial charge in [-0.2, -0.15) is 0 Å². The lowest BCUT2D eigenvalue weighted by atomic mass is 9.88. The summed E-state index contributed by atoms with van der Waals surface area (Å²) >= 11 is 1.69. The Labute approximate surface area is 223 Å². The average Bonchev–Trinajstić information content (AvgIpc) is 3.59. The van der Waals surface area contributed by atoms with E-state index in [2.05, 4.69) is 74.1 Å². The van der Waals surface area contributed by atoms with Crippen LogP contribution in [0.1, 0.15) is 73.2 Å². The van der Waals surface area contributed by atoms with Gasteiger partial charge in [-0.3, -0.25) is 4.90 Å². The number of amides is 1. The van der Waals surface area contributed by atoms with Crippen LogP contribution in [0.15, 0.2) is 42.6 Å². The van der Waals surface area contributed by atoms with Gasteiger partial charge in [-0.1, -0.05) is 30.3 Å². The number of hydrogen-bond acceptors (Lipinski definition) is 6. The summed E-state index contributed by atoms with van der Waals surface area (Å²) in [7, 11) is -0.345. The van der Waals surface area contributed by atoms with Crippen molar-refractivity contribution in [3.8, 4) is 21.7 Å². The number of aromatic amines is 1. The number of nitrogens with one attached hydrogen (secondary N) is 1. The number of benzene rings is 1. The van der Waals surface area contributed by atoms with Gasteiger partial charge in [0.25, 0.3) is 0 Å². The van der Waals surface area contributed by atoms with Crippen LogP contribution >= 0.6 is 11.3 Å². The van der Waals surface area contributed by atoms with Gasteiger partial charge in [-0.25, -0.2) is 9.78 Å². The molecule has 5 rings (SSSR count). The van der Waals surface area contributed by atoms with Gasteiger partial charge in [-0.05, 0) is 78.5 Å². The lowest BCUT2D eigenvalue weighted by Gasteiger charge is -2.32. The van der Waals surface area contributed by atoms with Crippen LogP contribution in [0.5, 0.6) is 0 Å². The van der Waals surface area contributed by atoms with Crippen LogP contribution in [0, 0.1) is 0 Å². The molecule has 7 nitrogen and oxygen atoms in total. The number of ether oxygens (including phenoxy) is 1. The predicted octanol–water partition coefficient (Wildman–Crippen LogP) is 6.18. The van der Waals surface area contributed by atoms with E-state index in [1.807, 2.05) is 27.0 Å². The summed E-state index contributed by atoms with van der Waals surface area (Å²) in [5.41, 5.74) is 1.90. The molecule has 0 radical (unpaired) electrons. The Bertz CT molecular complexity index is 1260. The predicted molar refractivity (Wildman–Crippen MR) is 148 cm³/mol. The van der Waals surface area contributed by atoms with Crippen LogP contribution < -0.4 is 4.78 Å². The van der Waals surface area contributed by atoms with Crippen LogP contribution in [-0.4, -0.2) is 51.4 Å². The van der Waals surface area contributed by atoms with Crippen molar-refractivity contribution in [2.75, 3.05) is 6.54 Å². The third-order valence-electron chi connectivity index (χ3n) is 7.38. The third kappa shape index (κ3) is 5.22. The number of hydrogen-bond donors (Lipinski definition) is 1. The fourth-order valence-corrected chi connectivity index (χ4v) is 5.62. The van der Waals surface area contributed by atoms with Crippen molar-refractivity contribution in [3.63, 3.8) is 0 Å². The maximum Gasteiger partial charge on any atom is 0.505 e. The van der Waals surface area contributed by atoms with Crippen LogP contribution in [0.4, 0.5) is 4.79 Å². The van der Waals surface area contributed by atoms with Crippen molar-refractivity contribution in [3.05, 3.63) is 48.4 Å². The maximum atomic E-state index is 12.7. The molecule has 1 atom stereocenters. The minimum atomic E-state index is -0.520. The highest BCUT2D eigenvalue weighted by atomic mass is 32.1. The van der Waals surface area contributed by atoms with Crippen LogP contribution in [-0.2, 0) is 14.0 Å². The lowest BCUT2D eigenvalue weighted by molar-refractivity contribution is 0.00578. The van der Waals surface area contributed by atoms with Gasteiger partial charge in [0.05, 0.1) is 29.1 Å². The highest BCUT2D eigenvalue weighted by molar-refractivity contribution is 7.25. The minimum Gasteiger partial charge on any atom is -0.444 e. The number of thiophene rings is 1. The third-order valence-corrected chi connectivity index (χ3v) is 8.54. The molecule has 3 aromatic rings. The summed E-state index contributed by atoms with van der Waals surface area (Å²) in [5, 5.41) is 0. The first kappa shape index (κ1) is 26.0. The Kier molecular flexibility index (Phi) is 6.53. The van der Waals surface area contributed by atoms with E-state index >= 15 is 0 Å². The number of rotatable bonds is 4. The smallest absolute Gasteiger partial charge is 0.444 e. The van der Waals surface area contributed by atoms with Gasteiger partial charge in [0.1, 0.15) is 11.4 Å². The Hall–Kier alpha value is -2.62. The van der Waals surface area contributed by atoms with E-state index in [-0.39, 0.29) is 30.5 Å². The molecule has 2 fully saturated rings. The van der Waals surface area contributed by atoms with Gasteiger partial charge >= 0.3 is 13.2 Å². The summed E-state index contributed by atoms with van der Waals surface area (Å²) < 4.78 is 19.1. The van der Waals surface area contributed by atoms with E-state index in [1.54, 1.807) is 16.2 Å². The zero-order chi connectivity index (χ0) is 26.6. The van der Waals surface area contributed by atoms with Crippen molar-refractivity contribution in [1.82, 2.24) is 14.9 Å². The molecule has 37 heavy (non-hydrogen) atoms. The van der Waals surface area contributed by atoms with E-state index < -0.39 is 5.60 Å². The molecule has 1 unspecified atom stereocenters. The zero-order valence-corrected chi connectivity index (χ0v) is 23.6. The number of carbonyl (C=O) groups is 1. The monoisotopic (exact) mass is 521 g/mol. The van der Waals surface area contributed by atoms with Crippen molar-refractivity contribution in [2.45, 2.75) is 84.2 Å². The van der Waals surface area contributed by atoms with Crippen LogP contribution in [0.25, 0.3) is 21.7 Å². The summed E-state index contributed by atoms with van der Waals surface area (Å²) in [5.74, 6) is 0.799. The minimum absolute atomic E-state index is 0.0950. The highest BCUT2D eigenvalue weighted by Crippen LogP contribution is 2.38. The second-order valence-electron chi connectivity index (χ2n) is 11.9. The number of H-pyrrole nitrogens is 1. The van der Waals surface area contributed by atoms with Gasteiger partial charge in [0.15, 0.2) is 0 Å². The Morgan fingerprint density at radius 1 is 1.08 bits per heavy atom. The first-order valence-corrected chi connectivity index (χ1v) is 13.8. The molecule has 2 aliphatic rings. The first-order chi connectivity index (χ1) is 17.3. The molecular formula is C28H36BN3O4S. The molecule has 1 amide bonds. The molecule has 2 saturated heterocycles. The molecule has 1 N–H and O–H groups in total. The van der Waals surface area contributed by atoms with Gasteiger partial charge in [0, 0.05) is 16.2 Å². The van der Waals surface area contributed by atoms with Gasteiger partial charge in [0.2, 0.25) is 0 Å². The maximum absolute atomic E-state index is 12.7. The number of imidazole rings is 1. The van der Waals surface area contributed by atoms with Crippen molar-refractivity contribution in [1.29, 1.82) is 0 Å². The molecule has 0 saturated carbocycles. The van der Waals surface area contributed by atoms with Gasteiger partial charge in [-0.15, -0.1) is 11.3 Å². The lowest BCUT2D eigenvalue weighted by Crippen LogP contribution is -2.41. The Morgan fingerprint density at radius 2 is 1.73 bits per heavy atom. The number of nitrogens with zero attached hydrogens (tertiary/aromatic N) is 2. The molecule has 4 heterocycles. The summed E-state index contributed by atoms with van der Waals surface area (Å²) in [6, 6.07) is 12.6. The molecule has 0 aliphatic carbocycles. The molecule has 0 spiro atoms. The van der Waals surface area contributed by atoms with Crippen LogP contribution in [0.2, 0.25) is 0 Å². The largest absolute Gasteiger partial charge is 0.505 e. The van der Waals surface area contributed by atoms with Crippen molar-refractivity contribution in [2.24, 2.45) is 0 Å². The fourth-order valence-electron chi connectivity index (χ4n) is 4.65. The Morgan fingerprint density at radius 3 is 2.38 bits per heavy atom. The number of aromatic nitrogens is 2. The fraction of sp³-hybridized carbons (Fsp3) is 0.500.